The monoisotopic (exact) mass is 629 g/mol. The van der Waals surface area contributed by atoms with Crippen molar-refractivity contribution in [1.29, 1.82) is 0 Å². The molecule has 1 saturated carbocycles. The maximum Gasteiger partial charge on any atom is 0.415 e. The number of aromatic nitrogens is 4. The third-order valence-corrected chi connectivity index (χ3v) is 17.6. The third kappa shape index (κ3) is 6.47. The van der Waals surface area contributed by atoms with Crippen molar-refractivity contribution in [2.45, 2.75) is 107 Å². The average Bonchev–Trinajstić information content (AvgIpc) is 3.40. The van der Waals surface area contributed by atoms with E-state index in [1.165, 1.54) is 24.0 Å². The summed E-state index contributed by atoms with van der Waals surface area (Å²) in [5.41, 5.74) is 1.21. The molecular weight excluding hydrogens is 588 g/mol. The van der Waals surface area contributed by atoms with Crippen LogP contribution in [-0.4, -0.2) is 73.8 Å². The van der Waals surface area contributed by atoms with Crippen molar-refractivity contribution < 1.29 is 23.9 Å². The summed E-state index contributed by atoms with van der Waals surface area (Å²) in [6, 6.07) is 0. The lowest BCUT2D eigenvalue weighted by molar-refractivity contribution is -0.0455. The maximum absolute atomic E-state index is 12.2. The number of aliphatic hydroxyl groups is 2. The zero-order valence-electron chi connectivity index (χ0n) is 24.3. The number of aromatic amines is 1. The molecule has 0 spiro atoms. The Morgan fingerprint density at radius 1 is 1.40 bits per heavy atom. The van der Waals surface area contributed by atoms with Crippen molar-refractivity contribution >= 4 is 48.8 Å². The van der Waals surface area contributed by atoms with E-state index < -0.39 is 49.8 Å². The second-order valence-corrected chi connectivity index (χ2v) is 22.5. The molecule has 10 nitrogen and oxygen atoms in total. The Balaban J connectivity index is 1.51. The fourth-order valence-corrected chi connectivity index (χ4v) is 11.1. The van der Waals surface area contributed by atoms with Gasteiger partial charge in [0, 0.05) is 0 Å². The van der Waals surface area contributed by atoms with Crippen molar-refractivity contribution in [2.75, 3.05) is 6.61 Å². The Morgan fingerprint density at radius 2 is 2.10 bits per heavy atom. The van der Waals surface area contributed by atoms with Crippen LogP contribution in [0.2, 0.25) is 18.1 Å². The van der Waals surface area contributed by atoms with E-state index in [0.29, 0.717) is 18.0 Å². The van der Waals surface area contributed by atoms with E-state index in [2.05, 4.69) is 62.3 Å². The van der Waals surface area contributed by atoms with E-state index in [4.69, 9.17) is 25.5 Å². The number of allylic oxidation sites excluding steroid dienone is 1. The lowest BCUT2D eigenvalue weighted by atomic mass is 9.77. The quantitative estimate of drug-likeness (QED) is 0.202. The Bertz CT molecular complexity index is 1320. The Labute approximate surface area is 246 Å². The molecule has 3 N–H and O–H groups in total. The molecule has 3 heterocycles. The molecule has 222 valence electrons. The van der Waals surface area contributed by atoms with Gasteiger partial charge in [-0.25, -0.2) is 9.97 Å². The molecule has 4 rings (SSSR count). The normalized spacial score (nSPS) is 32.0. The van der Waals surface area contributed by atoms with Gasteiger partial charge in [-0.2, -0.15) is 4.52 Å². The van der Waals surface area contributed by atoms with E-state index in [-0.39, 0.29) is 22.7 Å². The summed E-state index contributed by atoms with van der Waals surface area (Å²) in [6.07, 6.45) is 0.129. The second-order valence-electron chi connectivity index (χ2n) is 12.7. The summed E-state index contributed by atoms with van der Waals surface area (Å²) in [5, 5.41) is 22.3. The van der Waals surface area contributed by atoms with Crippen LogP contribution in [0.25, 0.3) is 11.2 Å². The number of fused-ring (bicyclic) bond motifs is 1. The van der Waals surface area contributed by atoms with Crippen LogP contribution in [0.5, 0.6) is 0 Å². The highest BCUT2D eigenvalue weighted by atomic mass is 32.9. The van der Waals surface area contributed by atoms with Gasteiger partial charge in [-0.3, -0.25) is 9.36 Å². The number of nitrogens with one attached hydrogen (secondary N) is 1. The lowest BCUT2D eigenvalue weighted by Gasteiger charge is -2.39. The smallest absolute Gasteiger partial charge is 0.408 e. The fraction of sp³-hybridized carbons (Fsp3) is 0.731. The molecule has 1 aliphatic heterocycles. The van der Waals surface area contributed by atoms with Gasteiger partial charge in [-0.05, 0) is 57.2 Å². The Hall–Kier alpha value is -1.02. The molecule has 0 aromatic carbocycles. The highest BCUT2D eigenvalue weighted by Crippen LogP contribution is 2.55. The summed E-state index contributed by atoms with van der Waals surface area (Å²) < 4.78 is 20.4. The molecule has 1 aliphatic carbocycles. The SMILES string of the molecule is C=C(C)[C@@H]1CC[C@](C)(S[P+](=S)OC[C@H]2O[C@@H](n3cnc4c(=O)[nH]cnc43)[C@H](O)C2O[Si](C)(C)C(C)(C)C)[C@@H](O)C1. The van der Waals surface area contributed by atoms with Crippen LogP contribution in [0.1, 0.15) is 60.1 Å². The molecule has 2 aromatic rings. The molecule has 2 fully saturated rings. The minimum atomic E-state index is -2.32. The second kappa shape index (κ2) is 11.9. The first-order chi connectivity index (χ1) is 18.5. The molecule has 2 aromatic heterocycles. The van der Waals surface area contributed by atoms with Crippen LogP contribution in [-0.2, 0) is 25.5 Å². The van der Waals surface area contributed by atoms with Crippen molar-refractivity contribution in [3.8, 4) is 0 Å². The van der Waals surface area contributed by atoms with Crippen LogP contribution >= 0.6 is 17.5 Å². The molecule has 8 atom stereocenters. The lowest BCUT2D eigenvalue weighted by Crippen LogP contribution is -2.49. The average molecular weight is 630 g/mol. The molecule has 0 amide bonds. The molecule has 14 heteroatoms. The van der Waals surface area contributed by atoms with Gasteiger partial charge in [0.2, 0.25) is 11.8 Å². The maximum atomic E-state index is 12.2. The van der Waals surface area contributed by atoms with Gasteiger partial charge in [-0.1, -0.05) is 32.9 Å². The van der Waals surface area contributed by atoms with Crippen LogP contribution in [0.3, 0.4) is 0 Å². The zero-order chi connectivity index (χ0) is 29.6. The summed E-state index contributed by atoms with van der Waals surface area (Å²) in [5.74, 6) is 0.323. The predicted molar refractivity (Wildman–Crippen MR) is 165 cm³/mol. The van der Waals surface area contributed by atoms with Crippen LogP contribution in [0, 0.1) is 5.92 Å². The van der Waals surface area contributed by atoms with E-state index in [1.807, 2.05) is 6.92 Å². The summed E-state index contributed by atoms with van der Waals surface area (Å²) in [4.78, 5) is 23.2. The summed E-state index contributed by atoms with van der Waals surface area (Å²) in [6.45, 7) is 18.9. The zero-order valence-corrected chi connectivity index (χ0v) is 27.8. The van der Waals surface area contributed by atoms with E-state index in [0.717, 1.165) is 18.4 Å². The number of hydrogen-bond donors (Lipinski definition) is 3. The topological polar surface area (TPSA) is 132 Å². The number of imidazole rings is 1. The number of H-pyrrole nitrogens is 1. The van der Waals surface area contributed by atoms with E-state index in [1.54, 1.807) is 4.57 Å². The number of rotatable bonds is 9. The highest BCUT2D eigenvalue weighted by molar-refractivity contribution is 8.63. The molecule has 0 bridgehead atoms. The molecule has 0 radical (unpaired) electrons. The first kappa shape index (κ1) is 31.9. The van der Waals surface area contributed by atoms with Gasteiger partial charge >= 0.3 is 6.13 Å². The first-order valence-corrected chi connectivity index (χ1v) is 20.2. The molecular formula is C26H42N4O6PS2Si+. The van der Waals surface area contributed by atoms with Crippen molar-refractivity contribution in [3.63, 3.8) is 0 Å². The predicted octanol–water partition coefficient (Wildman–Crippen LogP) is 4.79. The first-order valence-electron chi connectivity index (χ1n) is 13.6. The number of hydrogen-bond acceptors (Lipinski definition) is 10. The molecule has 2 aliphatic rings. The van der Waals surface area contributed by atoms with Crippen molar-refractivity contribution in [1.82, 2.24) is 19.5 Å². The number of aliphatic hydroxyl groups excluding tert-OH is 2. The molecule has 2 unspecified atom stereocenters. The van der Waals surface area contributed by atoms with Crippen molar-refractivity contribution in [2.24, 2.45) is 5.92 Å². The molecule has 1 saturated heterocycles. The molecule has 40 heavy (non-hydrogen) atoms. The Morgan fingerprint density at radius 3 is 2.73 bits per heavy atom. The van der Waals surface area contributed by atoms with Crippen LogP contribution in [0.15, 0.2) is 29.6 Å². The third-order valence-electron chi connectivity index (χ3n) is 8.71. The van der Waals surface area contributed by atoms with Gasteiger partial charge in [-0.15, -0.1) is 0 Å². The van der Waals surface area contributed by atoms with Gasteiger partial charge < -0.3 is 24.4 Å². The largest absolute Gasteiger partial charge is 0.415 e. The Kier molecular flexibility index (Phi) is 9.51. The van der Waals surface area contributed by atoms with E-state index >= 15 is 0 Å². The van der Waals surface area contributed by atoms with E-state index in [9.17, 15) is 15.0 Å². The van der Waals surface area contributed by atoms with Gasteiger partial charge in [0.25, 0.3) is 5.56 Å². The van der Waals surface area contributed by atoms with Gasteiger partial charge in [0.1, 0.15) is 36.3 Å². The van der Waals surface area contributed by atoms with Gasteiger partial charge in [0.05, 0.1) is 23.5 Å². The van der Waals surface area contributed by atoms with Gasteiger partial charge in [0.15, 0.2) is 25.7 Å². The van der Waals surface area contributed by atoms with Crippen LogP contribution in [0.4, 0.5) is 0 Å². The number of ether oxygens (including phenoxy) is 1. The van der Waals surface area contributed by atoms with Crippen molar-refractivity contribution in [3.05, 3.63) is 35.2 Å². The standard InChI is InChI=1S/C26H41N4O6PS2Si/c1-15(2)16-9-10-26(6,18(31)11-16)39-37(38)34-12-17-21(36-40(7,8)25(3,4)5)20(32)24(35-17)30-14-29-19-22(30)27-13-28-23(19)33/h13-14,16-18,20-21,24,31-32H,1,9-12H2,2-8H3/p+1/t16-,17-,18+,20-,21?,24-,26+/m1/s1. The minimum Gasteiger partial charge on any atom is -0.408 e. The minimum absolute atomic E-state index is 0.0966. The summed E-state index contributed by atoms with van der Waals surface area (Å²) >= 11 is 7.26. The fourth-order valence-electron chi connectivity index (χ4n) is 4.94. The number of nitrogens with zero attached hydrogens (tertiary/aromatic N) is 3. The van der Waals surface area contributed by atoms with Crippen LogP contribution < -0.4 is 5.56 Å². The highest BCUT2D eigenvalue weighted by Gasteiger charge is 2.52. The summed E-state index contributed by atoms with van der Waals surface area (Å²) in [7, 11) is -2.32.